The van der Waals surface area contributed by atoms with E-state index in [1.807, 2.05) is 0 Å². The molecule has 128 valence electrons. The molecule has 0 aromatic heterocycles. The Kier molecular flexibility index (Phi) is 5.99. The van der Waals surface area contributed by atoms with Gasteiger partial charge in [-0.1, -0.05) is 84.9 Å². The van der Waals surface area contributed by atoms with Crippen molar-refractivity contribution in [3.05, 3.63) is 107 Å². The van der Waals surface area contributed by atoms with E-state index in [1.165, 1.54) is 22.3 Å². The summed E-state index contributed by atoms with van der Waals surface area (Å²) in [7, 11) is 0. The lowest BCUT2D eigenvalue weighted by atomic mass is 9.84. The quantitative estimate of drug-likeness (QED) is 0.622. The lowest BCUT2D eigenvalue weighted by Gasteiger charge is -2.20. The maximum absolute atomic E-state index is 6.27. The smallest absolute Gasteiger partial charge is 0.0339 e. The van der Waals surface area contributed by atoms with E-state index in [4.69, 9.17) is 11.5 Å². The molecule has 0 spiro atoms. The van der Waals surface area contributed by atoms with Crippen LogP contribution in [0.15, 0.2) is 84.9 Å². The number of rotatable bonds is 7. The van der Waals surface area contributed by atoms with Crippen LogP contribution in [0.4, 0.5) is 0 Å². The molecular weight excluding hydrogens is 304 g/mol. The Morgan fingerprint density at radius 3 is 1.52 bits per heavy atom. The summed E-state index contributed by atoms with van der Waals surface area (Å²) >= 11 is 0. The lowest BCUT2D eigenvalue weighted by Crippen LogP contribution is -2.12. The van der Waals surface area contributed by atoms with Crippen LogP contribution in [0.3, 0.4) is 0 Å². The fraction of sp³-hybridized carbons (Fsp3) is 0.217. The first-order valence-corrected chi connectivity index (χ1v) is 8.95. The van der Waals surface area contributed by atoms with Crippen molar-refractivity contribution in [3.8, 4) is 0 Å². The third-order valence-corrected chi connectivity index (χ3v) is 4.68. The van der Waals surface area contributed by atoms with Crippen molar-refractivity contribution in [2.75, 3.05) is 6.54 Å². The van der Waals surface area contributed by atoms with Gasteiger partial charge in [-0.25, -0.2) is 0 Å². The second kappa shape index (κ2) is 8.61. The fourth-order valence-corrected chi connectivity index (χ4v) is 3.31. The van der Waals surface area contributed by atoms with Crippen LogP contribution >= 0.6 is 0 Å². The molecule has 1 unspecified atom stereocenters. The predicted molar refractivity (Wildman–Crippen MR) is 105 cm³/mol. The lowest BCUT2D eigenvalue weighted by molar-refractivity contribution is 0.618. The van der Waals surface area contributed by atoms with Gasteiger partial charge in [-0.2, -0.15) is 0 Å². The first-order valence-electron chi connectivity index (χ1n) is 8.95. The van der Waals surface area contributed by atoms with E-state index in [2.05, 4.69) is 84.9 Å². The Labute approximate surface area is 150 Å². The first kappa shape index (κ1) is 17.4. The molecule has 0 saturated carbocycles. The minimum Gasteiger partial charge on any atom is -0.330 e. The van der Waals surface area contributed by atoms with E-state index in [0.29, 0.717) is 6.54 Å². The van der Waals surface area contributed by atoms with Gasteiger partial charge in [-0.3, -0.25) is 0 Å². The van der Waals surface area contributed by atoms with E-state index in [1.54, 1.807) is 0 Å². The van der Waals surface area contributed by atoms with Crippen LogP contribution in [-0.4, -0.2) is 6.54 Å². The van der Waals surface area contributed by atoms with E-state index in [9.17, 15) is 0 Å². The van der Waals surface area contributed by atoms with Crippen molar-refractivity contribution < 1.29 is 0 Å². The number of hydrogen-bond donors (Lipinski definition) is 2. The summed E-state index contributed by atoms with van der Waals surface area (Å²) in [6.07, 6.45) is 1.89. The van der Waals surface area contributed by atoms with Crippen molar-refractivity contribution in [2.24, 2.45) is 11.5 Å². The van der Waals surface area contributed by atoms with Crippen LogP contribution in [0.1, 0.15) is 47.1 Å². The monoisotopic (exact) mass is 330 g/mol. The average Bonchev–Trinajstić information content (AvgIpc) is 2.68. The normalized spacial score (nSPS) is 12.3. The molecule has 0 heterocycles. The molecular formula is C23H26N2. The van der Waals surface area contributed by atoms with Crippen LogP contribution in [0.5, 0.6) is 0 Å². The molecule has 0 amide bonds. The molecule has 2 heteroatoms. The number of nitrogens with two attached hydrogens (primary N) is 2. The van der Waals surface area contributed by atoms with Crippen molar-refractivity contribution in [2.45, 2.75) is 24.8 Å². The van der Waals surface area contributed by atoms with E-state index >= 15 is 0 Å². The largest absolute Gasteiger partial charge is 0.330 e. The van der Waals surface area contributed by atoms with Gasteiger partial charge in [-0.15, -0.1) is 0 Å². The average molecular weight is 330 g/mol. The predicted octanol–water partition coefficient (Wildman–Crippen LogP) is 4.61. The Balaban J connectivity index is 1.92. The Morgan fingerprint density at radius 2 is 1.04 bits per heavy atom. The molecule has 2 nitrogen and oxygen atoms in total. The highest BCUT2D eigenvalue weighted by molar-refractivity contribution is 5.43. The summed E-state index contributed by atoms with van der Waals surface area (Å²) in [5.74, 6) is 0.233. The maximum Gasteiger partial charge on any atom is 0.0339 e. The van der Waals surface area contributed by atoms with Crippen molar-refractivity contribution in [1.82, 2.24) is 0 Å². The van der Waals surface area contributed by atoms with Crippen LogP contribution in [0, 0.1) is 0 Å². The molecule has 25 heavy (non-hydrogen) atoms. The molecule has 0 aliphatic rings. The van der Waals surface area contributed by atoms with Crippen molar-refractivity contribution >= 4 is 0 Å². The summed E-state index contributed by atoms with van der Waals surface area (Å²) in [6.45, 7) is 0.690. The molecule has 0 bridgehead atoms. The van der Waals surface area contributed by atoms with Gasteiger partial charge in [-0.05, 0) is 41.6 Å². The zero-order chi connectivity index (χ0) is 17.5. The molecule has 1 atom stereocenters. The van der Waals surface area contributed by atoms with E-state index < -0.39 is 0 Å². The van der Waals surface area contributed by atoms with Gasteiger partial charge in [0.25, 0.3) is 0 Å². The second-order valence-corrected chi connectivity index (χ2v) is 6.46. The number of benzene rings is 3. The minimum atomic E-state index is 0.0597. The molecule has 0 fully saturated rings. The van der Waals surface area contributed by atoms with Gasteiger partial charge >= 0.3 is 0 Å². The Hall–Kier alpha value is -2.42. The van der Waals surface area contributed by atoms with Crippen LogP contribution in [0.25, 0.3) is 0 Å². The molecule has 3 aromatic rings. The van der Waals surface area contributed by atoms with E-state index in [-0.39, 0.29) is 12.0 Å². The van der Waals surface area contributed by atoms with Gasteiger partial charge in [0, 0.05) is 12.0 Å². The first-order chi connectivity index (χ1) is 12.3. The van der Waals surface area contributed by atoms with Gasteiger partial charge in [0.05, 0.1) is 0 Å². The highest BCUT2D eigenvalue weighted by Crippen LogP contribution is 2.32. The molecule has 0 aliphatic heterocycles. The third kappa shape index (κ3) is 4.36. The van der Waals surface area contributed by atoms with Gasteiger partial charge in [0.15, 0.2) is 0 Å². The zero-order valence-corrected chi connectivity index (χ0v) is 14.5. The van der Waals surface area contributed by atoms with Crippen LogP contribution < -0.4 is 11.5 Å². The highest BCUT2D eigenvalue weighted by atomic mass is 14.6. The second-order valence-electron chi connectivity index (χ2n) is 6.46. The molecule has 0 aliphatic carbocycles. The standard InChI is InChI=1S/C23H26N2/c24-17-7-12-22(25)18-13-15-21(16-14-18)23(19-8-3-1-4-9-19)20-10-5-2-6-11-20/h1-6,8-11,13-16,22-23H,7,12,17,24-25H2. The molecule has 4 N–H and O–H groups in total. The molecule has 3 aromatic carbocycles. The Bertz CT molecular complexity index is 712. The Morgan fingerprint density at radius 1 is 0.600 bits per heavy atom. The summed E-state index contributed by atoms with van der Waals surface area (Å²) < 4.78 is 0. The topological polar surface area (TPSA) is 52.0 Å². The van der Waals surface area contributed by atoms with E-state index in [0.717, 1.165) is 12.8 Å². The summed E-state index contributed by atoms with van der Waals surface area (Å²) in [6, 6.07) is 30.1. The zero-order valence-electron chi connectivity index (χ0n) is 14.5. The molecule has 0 saturated heterocycles. The minimum absolute atomic E-state index is 0.0597. The highest BCUT2D eigenvalue weighted by Gasteiger charge is 2.16. The van der Waals surface area contributed by atoms with Gasteiger partial charge in [0.1, 0.15) is 0 Å². The van der Waals surface area contributed by atoms with Crippen LogP contribution in [-0.2, 0) is 0 Å². The van der Waals surface area contributed by atoms with Crippen LogP contribution in [0.2, 0.25) is 0 Å². The third-order valence-electron chi connectivity index (χ3n) is 4.68. The summed E-state index contributed by atoms with van der Waals surface area (Å²) in [5.41, 5.74) is 16.9. The summed E-state index contributed by atoms with van der Waals surface area (Å²) in [5, 5.41) is 0. The van der Waals surface area contributed by atoms with Crippen molar-refractivity contribution in [1.29, 1.82) is 0 Å². The molecule has 3 rings (SSSR count). The van der Waals surface area contributed by atoms with Gasteiger partial charge in [0.2, 0.25) is 0 Å². The van der Waals surface area contributed by atoms with Crippen molar-refractivity contribution in [3.63, 3.8) is 0 Å². The molecule has 0 radical (unpaired) electrons. The fourth-order valence-electron chi connectivity index (χ4n) is 3.31. The number of hydrogen-bond acceptors (Lipinski definition) is 2. The summed E-state index contributed by atoms with van der Waals surface area (Å²) in [4.78, 5) is 0. The maximum atomic E-state index is 6.27. The van der Waals surface area contributed by atoms with Gasteiger partial charge < -0.3 is 11.5 Å². The SMILES string of the molecule is NCCCC(N)c1ccc(C(c2ccccc2)c2ccccc2)cc1.